The van der Waals surface area contributed by atoms with Crippen LogP contribution in [0.3, 0.4) is 0 Å². The first-order chi connectivity index (χ1) is 11.2. The Morgan fingerprint density at radius 3 is 2.50 bits per heavy atom. The highest BCUT2D eigenvalue weighted by molar-refractivity contribution is 5.90. The van der Waals surface area contributed by atoms with Crippen molar-refractivity contribution in [3.8, 4) is 0 Å². The van der Waals surface area contributed by atoms with Crippen molar-refractivity contribution in [2.24, 2.45) is 5.41 Å². The quantitative estimate of drug-likeness (QED) is 0.742. The summed E-state index contributed by atoms with van der Waals surface area (Å²) < 4.78 is 5.44. The summed E-state index contributed by atoms with van der Waals surface area (Å²) >= 11 is 0. The van der Waals surface area contributed by atoms with Crippen molar-refractivity contribution in [2.45, 2.75) is 45.3 Å². The number of carbonyl (C=O) groups excluding carboxylic acids is 2. The van der Waals surface area contributed by atoms with Crippen LogP contribution in [0.5, 0.6) is 0 Å². The lowest BCUT2D eigenvalue weighted by Crippen LogP contribution is -2.65. The molecule has 24 heavy (non-hydrogen) atoms. The third-order valence-corrected chi connectivity index (χ3v) is 4.93. The molecule has 3 heterocycles. The minimum Gasteiger partial charge on any atom is -0.444 e. The SMILES string of the molecule is CN1C(=O)C2(CCN(C(=O)OC(C)(C)C)CC2)C1c1ccccn1. The molecule has 6 nitrogen and oxygen atoms in total. The minimum absolute atomic E-state index is 0.00742. The summed E-state index contributed by atoms with van der Waals surface area (Å²) in [6.07, 6.45) is 2.76. The number of pyridine rings is 1. The zero-order valence-corrected chi connectivity index (χ0v) is 14.8. The molecule has 6 heteroatoms. The van der Waals surface area contributed by atoms with Gasteiger partial charge >= 0.3 is 6.09 Å². The van der Waals surface area contributed by atoms with Gasteiger partial charge in [-0.1, -0.05) is 6.07 Å². The van der Waals surface area contributed by atoms with Crippen LogP contribution < -0.4 is 0 Å². The van der Waals surface area contributed by atoms with Crippen LogP contribution in [0.2, 0.25) is 0 Å². The van der Waals surface area contributed by atoms with E-state index in [4.69, 9.17) is 4.74 Å². The van der Waals surface area contributed by atoms with E-state index in [0.717, 1.165) is 5.69 Å². The van der Waals surface area contributed by atoms with Crippen LogP contribution in [-0.2, 0) is 9.53 Å². The van der Waals surface area contributed by atoms with Gasteiger partial charge in [-0.25, -0.2) is 4.79 Å². The van der Waals surface area contributed by atoms with Crippen LogP contribution in [0.4, 0.5) is 4.79 Å². The topological polar surface area (TPSA) is 62.7 Å². The van der Waals surface area contributed by atoms with Crippen molar-refractivity contribution in [3.05, 3.63) is 30.1 Å². The molecule has 1 atom stereocenters. The van der Waals surface area contributed by atoms with Gasteiger partial charge in [0, 0.05) is 26.3 Å². The van der Waals surface area contributed by atoms with Gasteiger partial charge in [-0.05, 0) is 45.7 Å². The average Bonchev–Trinajstić information content (AvgIpc) is 2.54. The van der Waals surface area contributed by atoms with Crippen LogP contribution >= 0.6 is 0 Å². The van der Waals surface area contributed by atoms with Gasteiger partial charge in [-0.2, -0.15) is 0 Å². The van der Waals surface area contributed by atoms with E-state index in [0.29, 0.717) is 25.9 Å². The molecule has 1 unspecified atom stereocenters. The van der Waals surface area contributed by atoms with E-state index in [1.165, 1.54) is 0 Å². The summed E-state index contributed by atoms with van der Waals surface area (Å²) in [5.41, 5.74) is -0.0121. The molecule has 0 N–H and O–H groups in total. The Morgan fingerprint density at radius 2 is 1.96 bits per heavy atom. The number of amides is 2. The van der Waals surface area contributed by atoms with Crippen molar-refractivity contribution < 1.29 is 14.3 Å². The summed E-state index contributed by atoms with van der Waals surface area (Å²) in [6, 6.07) is 5.78. The Labute approximate surface area is 142 Å². The number of hydrogen-bond acceptors (Lipinski definition) is 4. The Balaban J connectivity index is 1.72. The standard InChI is InChI=1S/C18H25N3O3/c1-17(2,3)24-16(23)21-11-8-18(9-12-21)14(20(4)15(18)22)13-7-5-6-10-19-13/h5-7,10,14H,8-9,11-12H2,1-4H3. The molecule has 1 aromatic heterocycles. The lowest BCUT2D eigenvalue weighted by molar-refractivity contribution is -0.176. The number of piperidine rings is 1. The summed E-state index contributed by atoms with van der Waals surface area (Å²) in [5.74, 6) is 0.155. The van der Waals surface area contributed by atoms with Gasteiger partial charge in [0.15, 0.2) is 0 Å². The molecule has 0 aliphatic carbocycles. The monoisotopic (exact) mass is 331 g/mol. The maximum Gasteiger partial charge on any atom is 0.410 e. The van der Waals surface area contributed by atoms with Crippen LogP contribution in [0.25, 0.3) is 0 Å². The van der Waals surface area contributed by atoms with Gasteiger partial charge in [0.2, 0.25) is 5.91 Å². The molecule has 2 fully saturated rings. The van der Waals surface area contributed by atoms with Crippen LogP contribution in [-0.4, -0.2) is 52.5 Å². The second-order valence-corrected chi connectivity index (χ2v) is 7.70. The zero-order valence-electron chi connectivity index (χ0n) is 14.8. The van der Waals surface area contributed by atoms with Crippen LogP contribution in [0.15, 0.2) is 24.4 Å². The normalized spacial score (nSPS) is 23.2. The predicted molar refractivity (Wildman–Crippen MR) is 89.2 cm³/mol. The molecule has 2 aliphatic rings. The van der Waals surface area contributed by atoms with Gasteiger partial charge in [-0.3, -0.25) is 9.78 Å². The van der Waals surface area contributed by atoms with E-state index >= 15 is 0 Å². The smallest absolute Gasteiger partial charge is 0.410 e. The summed E-state index contributed by atoms with van der Waals surface area (Å²) in [6.45, 7) is 6.66. The second-order valence-electron chi connectivity index (χ2n) is 7.70. The molecule has 1 aromatic rings. The number of ether oxygens (including phenoxy) is 1. The van der Waals surface area contributed by atoms with E-state index < -0.39 is 11.0 Å². The average molecular weight is 331 g/mol. The summed E-state index contributed by atoms with van der Waals surface area (Å²) in [7, 11) is 1.83. The number of carbonyl (C=O) groups is 2. The van der Waals surface area contributed by atoms with Gasteiger partial charge in [0.25, 0.3) is 0 Å². The summed E-state index contributed by atoms with van der Waals surface area (Å²) in [5, 5.41) is 0. The maximum absolute atomic E-state index is 12.6. The van der Waals surface area contributed by atoms with Crippen molar-refractivity contribution >= 4 is 12.0 Å². The number of β-lactam (4-membered cyclic amide) rings is 1. The van der Waals surface area contributed by atoms with Gasteiger partial charge in [0.1, 0.15) is 5.60 Å². The molecule has 0 aromatic carbocycles. The van der Waals surface area contributed by atoms with Gasteiger partial charge < -0.3 is 14.5 Å². The Hall–Kier alpha value is -2.11. The molecular formula is C18H25N3O3. The fourth-order valence-corrected chi connectivity index (χ4v) is 3.81. The lowest BCUT2D eigenvalue weighted by atomic mass is 9.63. The van der Waals surface area contributed by atoms with Crippen molar-refractivity contribution in [3.63, 3.8) is 0 Å². The van der Waals surface area contributed by atoms with Crippen LogP contribution in [0, 0.1) is 5.41 Å². The van der Waals surface area contributed by atoms with Crippen molar-refractivity contribution in [1.29, 1.82) is 0 Å². The number of hydrogen-bond donors (Lipinski definition) is 0. The molecule has 130 valence electrons. The second kappa shape index (κ2) is 5.76. The highest BCUT2D eigenvalue weighted by atomic mass is 16.6. The van der Waals surface area contributed by atoms with Crippen LogP contribution in [0.1, 0.15) is 45.3 Å². The van der Waals surface area contributed by atoms with E-state index in [9.17, 15) is 9.59 Å². The first-order valence-electron chi connectivity index (χ1n) is 8.41. The largest absolute Gasteiger partial charge is 0.444 e. The predicted octanol–water partition coefficient (Wildman–Crippen LogP) is 2.61. The number of likely N-dealkylation sites (tertiary alicyclic amines) is 2. The molecular weight excluding hydrogens is 306 g/mol. The van der Waals surface area contributed by atoms with E-state index in [1.807, 2.05) is 46.0 Å². The molecule has 1 spiro atoms. The third-order valence-electron chi connectivity index (χ3n) is 4.93. The fraction of sp³-hybridized carbons (Fsp3) is 0.611. The minimum atomic E-state index is -0.505. The fourth-order valence-electron chi connectivity index (χ4n) is 3.81. The molecule has 3 rings (SSSR count). The Kier molecular flexibility index (Phi) is 4.01. The van der Waals surface area contributed by atoms with Crippen molar-refractivity contribution in [2.75, 3.05) is 20.1 Å². The molecule has 2 amide bonds. The van der Waals surface area contributed by atoms with E-state index in [1.54, 1.807) is 16.0 Å². The molecule has 0 saturated carbocycles. The number of nitrogens with zero attached hydrogens (tertiary/aromatic N) is 3. The van der Waals surface area contributed by atoms with Gasteiger partial charge in [-0.15, -0.1) is 0 Å². The first kappa shape index (κ1) is 16.7. The number of aromatic nitrogens is 1. The van der Waals surface area contributed by atoms with Crippen molar-refractivity contribution in [1.82, 2.24) is 14.8 Å². The first-order valence-corrected chi connectivity index (χ1v) is 8.41. The van der Waals surface area contributed by atoms with E-state index in [-0.39, 0.29) is 18.0 Å². The lowest BCUT2D eigenvalue weighted by Gasteiger charge is -2.57. The van der Waals surface area contributed by atoms with E-state index in [2.05, 4.69) is 4.98 Å². The molecule has 2 aliphatic heterocycles. The molecule has 2 saturated heterocycles. The maximum atomic E-state index is 12.6. The highest BCUT2D eigenvalue weighted by Gasteiger charge is 2.61. The highest BCUT2D eigenvalue weighted by Crippen LogP contribution is 2.54. The summed E-state index contributed by atoms with van der Waals surface area (Å²) in [4.78, 5) is 32.7. The third kappa shape index (κ3) is 2.74. The Morgan fingerprint density at radius 1 is 1.29 bits per heavy atom. The number of rotatable bonds is 1. The molecule has 0 radical (unpaired) electrons. The molecule has 0 bridgehead atoms. The van der Waals surface area contributed by atoms with Gasteiger partial charge in [0.05, 0.1) is 17.2 Å². The zero-order chi connectivity index (χ0) is 17.5. The Bertz CT molecular complexity index is 631.